The molecule has 4 aromatic rings. The van der Waals surface area contributed by atoms with Crippen molar-refractivity contribution in [3.63, 3.8) is 0 Å². The smallest absolute Gasteiger partial charge is 0.252 e. The number of morpholine rings is 1. The Balaban J connectivity index is 1.27. The van der Waals surface area contributed by atoms with Crippen LogP contribution in [0.2, 0.25) is 0 Å². The van der Waals surface area contributed by atoms with Crippen molar-refractivity contribution in [1.29, 1.82) is 0 Å². The van der Waals surface area contributed by atoms with Gasteiger partial charge < -0.3 is 15.0 Å². The molecule has 0 spiro atoms. The van der Waals surface area contributed by atoms with E-state index in [2.05, 4.69) is 69.8 Å². The van der Waals surface area contributed by atoms with E-state index in [-0.39, 0.29) is 11.4 Å². The molecule has 0 bridgehead atoms. The highest BCUT2D eigenvalue weighted by Gasteiger charge is 2.46. The van der Waals surface area contributed by atoms with Gasteiger partial charge in [-0.2, -0.15) is 0 Å². The monoisotopic (exact) mass is 439 g/mol. The summed E-state index contributed by atoms with van der Waals surface area (Å²) in [5.74, 6) is 0.00386. The molecule has 0 radical (unpaired) electrons. The molecule has 1 aromatic heterocycles. The molecular formula is C28H29N3O2. The average molecular weight is 440 g/mol. The molecule has 1 amide bonds. The molecule has 1 saturated heterocycles. The first-order valence-corrected chi connectivity index (χ1v) is 11.8. The maximum Gasteiger partial charge on any atom is 0.252 e. The number of amides is 1. The van der Waals surface area contributed by atoms with E-state index in [0.717, 1.165) is 67.7 Å². The Morgan fingerprint density at radius 3 is 2.64 bits per heavy atom. The van der Waals surface area contributed by atoms with Crippen LogP contribution in [0.4, 0.5) is 0 Å². The van der Waals surface area contributed by atoms with Gasteiger partial charge in [0.2, 0.25) is 0 Å². The SMILES string of the molecule is Cc1cc2cc(CN3CCOCC3)[nH]c2cc1C(=O)NC1(c2cccc3ccccc23)CC1. The number of aromatic nitrogens is 1. The molecule has 3 aromatic carbocycles. The summed E-state index contributed by atoms with van der Waals surface area (Å²) in [6, 6.07) is 21.2. The van der Waals surface area contributed by atoms with E-state index >= 15 is 0 Å². The van der Waals surface area contributed by atoms with Crippen LogP contribution in [0.25, 0.3) is 21.7 Å². The summed E-state index contributed by atoms with van der Waals surface area (Å²) in [6.07, 6.45) is 1.94. The summed E-state index contributed by atoms with van der Waals surface area (Å²) >= 11 is 0. The second-order valence-electron chi connectivity index (χ2n) is 9.50. The molecule has 2 aliphatic rings. The molecule has 5 nitrogen and oxygen atoms in total. The lowest BCUT2D eigenvalue weighted by Gasteiger charge is -2.25. The van der Waals surface area contributed by atoms with E-state index in [1.807, 2.05) is 13.0 Å². The molecule has 1 aliphatic carbocycles. The van der Waals surface area contributed by atoms with Crippen LogP contribution in [0.5, 0.6) is 0 Å². The number of hydrogen-bond acceptors (Lipinski definition) is 3. The molecule has 168 valence electrons. The molecule has 2 heterocycles. The fraction of sp³-hybridized carbons (Fsp3) is 0.321. The summed E-state index contributed by atoms with van der Waals surface area (Å²) in [5.41, 5.74) is 4.90. The van der Waals surface area contributed by atoms with Crippen LogP contribution < -0.4 is 5.32 Å². The van der Waals surface area contributed by atoms with Crippen molar-refractivity contribution in [3.05, 3.63) is 83.0 Å². The van der Waals surface area contributed by atoms with Gasteiger partial charge in [0.25, 0.3) is 5.91 Å². The number of aryl methyl sites for hydroxylation is 1. The zero-order chi connectivity index (χ0) is 22.4. The number of carbonyl (C=O) groups excluding carboxylic acids is 1. The van der Waals surface area contributed by atoms with Gasteiger partial charge in [0.1, 0.15) is 0 Å². The lowest BCUT2D eigenvalue weighted by molar-refractivity contribution is 0.0337. The first-order chi connectivity index (χ1) is 16.1. The Morgan fingerprint density at radius 2 is 1.82 bits per heavy atom. The van der Waals surface area contributed by atoms with Crippen LogP contribution in [0, 0.1) is 6.92 Å². The second kappa shape index (κ2) is 8.01. The van der Waals surface area contributed by atoms with Gasteiger partial charge in [-0.05, 0) is 59.9 Å². The molecule has 2 N–H and O–H groups in total. The summed E-state index contributed by atoms with van der Waals surface area (Å²) in [4.78, 5) is 19.4. The number of H-pyrrole nitrogens is 1. The van der Waals surface area contributed by atoms with Crippen molar-refractivity contribution in [3.8, 4) is 0 Å². The molecular weight excluding hydrogens is 410 g/mol. The minimum atomic E-state index is -0.267. The molecule has 6 rings (SSSR count). The number of nitrogens with one attached hydrogen (secondary N) is 2. The van der Waals surface area contributed by atoms with Crippen LogP contribution in [0.15, 0.2) is 60.7 Å². The number of carbonyl (C=O) groups is 1. The Bertz CT molecular complexity index is 1340. The standard InChI is InChI=1S/C28H29N3O2/c1-19-15-21-16-22(18-31-11-13-33-14-12-31)29-26(21)17-24(19)27(32)30-28(9-10-28)25-8-4-6-20-5-2-3-7-23(20)25/h2-8,15-17,29H,9-14,18H2,1H3,(H,30,32). The zero-order valence-corrected chi connectivity index (χ0v) is 19.0. The van der Waals surface area contributed by atoms with Gasteiger partial charge in [-0.25, -0.2) is 0 Å². The van der Waals surface area contributed by atoms with Gasteiger partial charge in [-0.3, -0.25) is 9.69 Å². The topological polar surface area (TPSA) is 57.4 Å². The van der Waals surface area contributed by atoms with Crippen LogP contribution in [-0.4, -0.2) is 42.1 Å². The molecule has 5 heteroatoms. The van der Waals surface area contributed by atoms with Gasteiger partial charge in [-0.1, -0.05) is 42.5 Å². The maximum absolute atomic E-state index is 13.5. The third-order valence-electron chi connectivity index (χ3n) is 7.17. The fourth-order valence-electron chi connectivity index (χ4n) is 5.20. The molecule has 33 heavy (non-hydrogen) atoms. The number of hydrogen-bond donors (Lipinski definition) is 2. The van der Waals surface area contributed by atoms with Crippen molar-refractivity contribution >= 4 is 27.6 Å². The highest BCUT2D eigenvalue weighted by molar-refractivity contribution is 6.00. The third kappa shape index (κ3) is 3.81. The van der Waals surface area contributed by atoms with E-state index in [1.54, 1.807) is 0 Å². The summed E-state index contributed by atoms with van der Waals surface area (Å²) in [6.45, 7) is 6.41. The highest BCUT2D eigenvalue weighted by atomic mass is 16.5. The van der Waals surface area contributed by atoms with Gasteiger partial charge in [-0.15, -0.1) is 0 Å². The second-order valence-corrected chi connectivity index (χ2v) is 9.50. The number of ether oxygens (including phenoxy) is 1. The molecule has 0 unspecified atom stereocenters. The number of fused-ring (bicyclic) bond motifs is 2. The molecule has 1 saturated carbocycles. The lowest BCUT2D eigenvalue weighted by atomic mass is 9.96. The first kappa shape index (κ1) is 20.5. The number of benzene rings is 3. The van der Waals surface area contributed by atoms with E-state index in [9.17, 15) is 4.79 Å². The predicted octanol–water partition coefficient (Wildman–Crippen LogP) is 4.88. The van der Waals surface area contributed by atoms with Crippen molar-refractivity contribution < 1.29 is 9.53 Å². The third-order valence-corrected chi connectivity index (χ3v) is 7.17. The molecule has 2 fully saturated rings. The average Bonchev–Trinajstić information content (AvgIpc) is 3.50. The van der Waals surface area contributed by atoms with Gasteiger partial charge >= 0.3 is 0 Å². The summed E-state index contributed by atoms with van der Waals surface area (Å²) in [5, 5.41) is 6.99. The number of aromatic amines is 1. The Hall–Kier alpha value is -3.15. The van der Waals surface area contributed by atoms with Gasteiger partial charge in [0.05, 0.1) is 18.8 Å². The molecule has 1 aliphatic heterocycles. The van der Waals surface area contributed by atoms with E-state index in [0.29, 0.717) is 0 Å². The van der Waals surface area contributed by atoms with Crippen molar-refractivity contribution in [2.45, 2.75) is 31.8 Å². The largest absolute Gasteiger partial charge is 0.379 e. The van der Waals surface area contributed by atoms with E-state index < -0.39 is 0 Å². The first-order valence-electron chi connectivity index (χ1n) is 11.8. The van der Waals surface area contributed by atoms with Crippen molar-refractivity contribution in [1.82, 2.24) is 15.2 Å². The fourth-order valence-corrected chi connectivity index (χ4v) is 5.20. The van der Waals surface area contributed by atoms with Crippen LogP contribution >= 0.6 is 0 Å². The Morgan fingerprint density at radius 1 is 1.03 bits per heavy atom. The number of rotatable bonds is 5. The normalized spacial score (nSPS) is 18.0. The van der Waals surface area contributed by atoms with Crippen LogP contribution in [0.1, 0.15) is 40.0 Å². The summed E-state index contributed by atoms with van der Waals surface area (Å²) < 4.78 is 5.46. The Kier molecular flexibility index (Phi) is 4.97. The van der Waals surface area contributed by atoms with Crippen LogP contribution in [-0.2, 0) is 16.8 Å². The minimum Gasteiger partial charge on any atom is -0.379 e. The van der Waals surface area contributed by atoms with Gasteiger partial charge in [0.15, 0.2) is 0 Å². The lowest BCUT2D eigenvalue weighted by Crippen LogP contribution is -2.35. The van der Waals surface area contributed by atoms with E-state index in [4.69, 9.17) is 4.74 Å². The molecule has 0 atom stereocenters. The van der Waals surface area contributed by atoms with Crippen LogP contribution in [0.3, 0.4) is 0 Å². The Labute approximate surface area is 193 Å². The zero-order valence-electron chi connectivity index (χ0n) is 19.0. The highest BCUT2D eigenvalue weighted by Crippen LogP contribution is 2.48. The minimum absolute atomic E-state index is 0.00386. The summed E-state index contributed by atoms with van der Waals surface area (Å²) in [7, 11) is 0. The van der Waals surface area contributed by atoms with Crippen molar-refractivity contribution in [2.24, 2.45) is 0 Å². The predicted molar refractivity (Wildman–Crippen MR) is 131 cm³/mol. The van der Waals surface area contributed by atoms with E-state index in [1.165, 1.54) is 22.0 Å². The van der Waals surface area contributed by atoms with Crippen molar-refractivity contribution in [2.75, 3.05) is 26.3 Å². The number of nitrogens with zero attached hydrogens (tertiary/aromatic N) is 1. The quantitative estimate of drug-likeness (QED) is 0.466. The van der Waals surface area contributed by atoms with Gasteiger partial charge in [0, 0.05) is 41.8 Å². The maximum atomic E-state index is 13.5.